The molecule has 1 saturated heterocycles. The normalized spacial score (nSPS) is 19.7. The Morgan fingerprint density at radius 2 is 2.03 bits per heavy atom. The van der Waals surface area contributed by atoms with E-state index in [2.05, 4.69) is 15.3 Å². The van der Waals surface area contributed by atoms with Crippen LogP contribution < -0.4 is 10.1 Å². The summed E-state index contributed by atoms with van der Waals surface area (Å²) >= 11 is 5.87. The SMILES string of the molecule is COc1cc(Cl)nc(NC(=O)CN2CC3(OCCO3)c3ccccc3S2(=O)=O)n1. The fraction of sp³-hybridized carbons (Fsp3) is 0.353. The van der Waals surface area contributed by atoms with Crippen LogP contribution in [0.1, 0.15) is 5.56 Å². The van der Waals surface area contributed by atoms with Crippen LogP contribution in [0.25, 0.3) is 0 Å². The quantitative estimate of drug-likeness (QED) is 0.698. The minimum Gasteiger partial charge on any atom is -0.481 e. The first-order valence-corrected chi connectivity index (χ1v) is 10.4. The summed E-state index contributed by atoms with van der Waals surface area (Å²) in [5.41, 5.74) is 0.428. The molecular weight excluding hydrogens is 424 g/mol. The number of methoxy groups -OCH3 is 1. The van der Waals surface area contributed by atoms with Gasteiger partial charge in [0.25, 0.3) is 0 Å². The van der Waals surface area contributed by atoms with Gasteiger partial charge in [-0.05, 0) is 6.07 Å². The van der Waals surface area contributed by atoms with Crippen molar-refractivity contribution in [2.45, 2.75) is 10.7 Å². The molecule has 0 unspecified atom stereocenters. The van der Waals surface area contributed by atoms with E-state index in [1.54, 1.807) is 18.2 Å². The van der Waals surface area contributed by atoms with E-state index in [9.17, 15) is 13.2 Å². The van der Waals surface area contributed by atoms with Gasteiger partial charge in [0.05, 0.1) is 38.3 Å². The molecule has 0 bridgehead atoms. The van der Waals surface area contributed by atoms with Gasteiger partial charge in [0.1, 0.15) is 5.15 Å². The summed E-state index contributed by atoms with van der Waals surface area (Å²) in [7, 11) is -2.54. The summed E-state index contributed by atoms with van der Waals surface area (Å²) in [4.78, 5) is 20.4. The van der Waals surface area contributed by atoms with E-state index in [1.165, 1.54) is 19.2 Å². The maximum Gasteiger partial charge on any atom is 0.244 e. The van der Waals surface area contributed by atoms with Crippen molar-refractivity contribution in [3.8, 4) is 5.88 Å². The molecule has 4 rings (SSSR count). The smallest absolute Gasteiger partial charge is 0.244 e. The van der Waals surface area contributed by atoms with Crippen LogP contribution in [0.2, 0.25) is 5.15 Å². The predicted octanol–water partition coefficient (Wildman–Crippen LogP) is 0.981. The molecule has 1 fully saturated rings. The number of fused-ring (bicyclic) bond motifs is 2. The molecule has 2 aliphatic rings. The van der Waals surface area contributed by atoms with Gasteiger partial charge in [0.15, 0.2) is 0 Å². The van der Waals surface area contributed by atoms with Crippen LogP contribution in [0.4, 0.5) is 5.95 Å². The van der Waals surface area contributed by atoms with Crippen molar-refractivity contribution in [2.24, 2.45) is 0 Å². The first kappa shape index (κ1) is 20.0. The largest absolute Gasteiger partial charge is 0.481 e. The molecule has 0 aliphatic carbocycles. The summed E-state index contributed by atoms with van der Waals surface area (Å²) in [5, 5.41) is 2.50. The molecule has 2 aliphatic heterocycles. The van der Waals surface area contributed by atoms with Crippen molar-refractivity contribution in [3.63, 3.8) is 0 Å². The minimum atomic E-state index is -3.93. The second-order valence-corrected chi connectivity index (χ2v) is 8.62. The van der Waals surface area contributed by atoms with Gasteiger partial charge in [0.2, 0.25) is 33.5 Å². The van der Waals surface area contributed by atoms with Gasteiger partial charge in [0, 0.05) is 11.6 Å². The second kappa shape index (κ2) is 7.50. The number of benzene rings is 1. The van der Waals surface area contributed by atoms with Crippen LogP contribution in [0.5, 0.6) is 5.88 Å². The topological polar surface area (TPSA) is 120 Å². The Hall–Kier alpha value is -2.31. The van der Waals surface area contributed by atoms with Crippen LogP contribution in [0.3, 0.4) is 0 Å². The number of ether oxygens (including phenoxy) is 3. The zero-order valence-corrected chi connectivity index (χ0v) is 16.9. The number of hydrogen-bond acceptors (Lipinski definition) is 8. The molecule has 1 aromatic carbocycles. The number of nitrogens with one attached hydrogen (secondary N) is 1. The lowest BCUT2D eigenvalue weighted by molar-refractivity contribution is -0.176. The molecule has 3 heterocycles. The van der Waals surface area contributed by atoms with Gasteiger partial charge in [-0.1, -0.05) is 29.8 Å². The molecule has 1 spiro atoms. The lowest BCUT2D eigenvalue weighted by atomic mass is 10.1. The maximum atomic E-state index is 13.0. The molecular formula is C17H17ClN4O6S. The van der Waals surface area contributed by atoms with E-state index in [1.807, 2.05) is 0 Å². The number of carbonyl (C=O) groups is 1. The van der Waals surface area contributed by atoms with Crippen LogP contribution in [-0.4, -0.2) is 62.0 Å². The number of carbonyl (C=O) groups excluding carboxylic acids is 1. The highest BCUT2D eigenvalue weighted by Gasteiger charge is 2.50. The number of anilines is 1. The number of halogens is 1. The van der Waals surface area contributed by atoms with E-state index in [0.717, 1.165) is 4.31 Å². The van der Waals surface area contributed by atoms with Crippen LogP contribution in [0.15, 0.2) is 35.2 Å². The summed E-state index contributed by atoms with van der Waals surface area (Å²) in [6, 6.07) is 7.82. The highest BCUT2D eigenvalue weighted by Crippen LogP contribution is 2.41. The van der Waals surface area contributed by atoms with E-state index in [-0.39, 0.29) is 28.4 Å². The number of sulfonamides is 1. The summed E-state index contributed by atoms with van der Waals surface area (Å²) in [6.07, 6.45) is 0. The molecule has 154 valence electrons. The maximum absolute atomic E-state index is 13.0. The molecule has 0 atom stereocenters. The molecule has 0 radical (unpaired) electrons. The lowest BCUT2D eigenvalue weighted by Gasteiger charge is -2.38. The Morgan fingerprint density at radius 1 is 1.31 bits per heavy atom. The van der Waals surface area contributed by atoms with Crippen molar-refractivity contribution in [3.05, 3.63) is 41.0 Å². The molecule has 10 nitrogen and oxygen atoms in total. The first-order chi connectivity index (χ1) is 13.8. The zero-order chi connectivity index (χ0) is 20.6. The van der Waals surface area contributed by atoms with Crippen molar-refractivity contribution >= 4 is 33.5 Å². The van der Waals surface area contributed by atoms with Crippen molar-refractivity contribution in [1.82, 2.24) is 14.3 Å². The fourth-order valence-electron chi connectivity index (χ4n) is 3.27. The van der Waals surface area contributed by atoms with Gasteiger partial charge in [-0.3, -0.25) is 10.1 Å². The van der Waals surface area contributed by atoms with Crippen molar-refractivity contribution in [1.29, 1.82) is 0 Å². The monoisotopic (exact) mass is 440 g/mol. The average molecular weight is 441 g/mol. The van der Waals surface area contributed by atoms with Crippen molar-refractivity contribution < 1.29 is 27.4 Å². The molecule has 2 aromatic rings. The Kier molecular flexibility index (Phi) is 5.17. The van der Waals surface area contributed by atoms with Gasteiger partial charge in [-0.15, -0.1) is 0 Å². The van der Waals surface area contributed by atoms with E-state index in [0.29, 0.717) is 18.8 Å². The van der Waals surface area contributed by atoms with Crippen molar-refractivity contribution in [2.75, 3.05) is 38.7 Å². The number of nitrogens with zero attached hydrogens (tertiary/aromatic N) is 3. The molecule has 1 amide bonds. The number of amides is 1. The Balaban J connectivity index is 1.60. The molecule has 1 aromatic heterocycles. The fourth-order valence-corrected chi connectivity index (χ4v) is 5.10. The minimum absolute atomic E-state index is 0.0432. The van der Waals surface area contributed by atoms with E-state index in [4.69, 9.17) is 25.8 Å². The van der Waals surface area contributed by atoms with Crippen LogP contribution in [-0.2, 0) is 30.1 Å². The van der Waals surface area contributed by atoms with E-state index < -0.39 is 28.3 Å². The van der Waals surface area contributed by atoms with E-state index >= 15 is 0 Å². The van der Waals surface area contributed by atoms with Gasteiger partial charge >= 0.3 is 0 Å². The number of aromatic nitrogens is 2. The third-order valence-electron chi connectivity index (χ3n) is 4.51. The summed E-state index contributed by atoms with van der Waals surface area (Å²) < 4.78 is 43.6. The highest BCUT2D eigenvalue weighted by atomic mass is 35.5. The zero-order valence-electron chi connectivity index (χ0n) is 15.3. The van der Waals surface area contributed by atoms with Gasteiger partial charge in [-0.25, -0.2) is 13.4 Å². The molecule has 12 heteroatoms. The molecule has 29 heavy (non-hydrogen) atoms. The molecule has 0 saturated carbocycles. The standard InChI is InChI=1S/C17H17ClN4O6S/c1-26-15-8-13(18)19-16(21-15)20-14(23)9-22-10-17(27-6-7-28-17)11-4-2-3-5-12(11)29(22,24)25/h2-5,8H,6-7,9-10H2,1H3,(H,19,20,21,23). The predicted molar refractivity (Wildman–Crippen MR) is 101 cm³/mol. The van der Waals surface area contributed by atoms with Crippen LogP contribution >= 0.6 is 11.6 Å². The van der Waals surface area contributed by atoms with Gasteiger partial charge in [-0.2, -0.15) is 9.29 Å². The third-order valence-corrected chi connectivity index (χ3v) is 6.55. The van der Waals surface area contributed by atoms with Crippen LogP contribution in [0, 0.1) is 0 Å². The first-order valence-electron chi connectivity index (χ1n) is 8.60. The number of rotatable bonds is 4. The summed E-state index contributed by atoms with van der Waals surface area (Å²) in [6.45, 7) is 0.0119. The number of hydrogen-bond donors (Lipinski definition) is 1. The lowest BCUT2D eigenvalue weighted by Crippen LogP contribution is -2.52. The summed E-state index contributed by atoms with van der Waals surface area (Å²) in [5.74, 6) is -1.83. The highest BCUT2D eigenvalue weighted by molar-refractivity contribution is 7.89. The molecule has 1 N–H and O–H groups in total. The third kappa shape index (κ3) is 3.67. The second-order valence-electron chi connectivity index (χ2n) is 6.32. The average Bonchev–Trinajstić information content (AvgIpc) is 3.15. The Morgan fingerprint density at radius 3 is 2.76 bits per heavy atom. The Bertz CT molecular complexity index is 1060. The Labute approximate surface area is 171 Å². The van der Waals surface area contributed by atoms with Gasteiger partial charge < -0.3 is 14.2 Å².